The largest absolute Gasteiger partial charge is 0.445 e. The number of hydrogen-bond donors (Lipinski definition) is 2. The van der Waals surface area contributed by atoms with Crippen LogP contribution in [-0.2, 0) is 10.2 Å². The number of hydrogen-bond acceptors (Lipinski definition) is 3. The molecule has 2 aromatic rings. The number of carbonyl (C=O) groups excluding carboxylic acids is 1. The second-order valence-corrected chi connectivity index (χ2v) is 6.19. The Balaban J connectivity index is 1.96. The van der Waals surface area contributed by atoms with E-state index in [1.165, 1.54) is 11.1 Å². The van der Waals surface area contributed by atoms with Crippen LogP contribution in [0.4, 0.5) is 4.79 Å². The average Bonchev–Trinajstić information content (AvgIpc) is 3.04. The van der Waals surface area contributed by atoms with Gasteiger partial charge in [0.05, 0.1) is 0 Å². The third-order valence-corrected chi connectivity index (χ3v) is 4.82. The van der Waals surface area contributed by atoms with Gasteiger partial charge in [-0.1, -0.05) is 60.7 Å². The zero-order valence-electron chi connectivity index (χ0n) is 13.2. The highest BCUT2D eigenvalue weighted by molar-refractivity contribution is 5.64. The van der Waals surface area contributed by atoms with Crippen LogP contribution in [-0.4, -0.2) is 24.8 Å². The molecule has 0 spiro atoms. The molecule has 2 atom stereocenters. The molecule has 23 heavy (non-hydrogen) atoms. The Hall–Kier alpha value is -2.33. The van der Waals surface area contributed by atoms with E-state index >= 15 is 0 Å². The maximum atomic E-state index is 11.0. The summed E-state index contributed by atoms with van der Waals surface area (Å²) in [6.45, 7) is 2.87. The molecule has 2 unspecified atom stereocenters. The van der Waals surface area contributed by atoms with Gasteiger partial charge in [-0.25, -0.2) is 4.79 Å². The summed E-state index contributed by atoms with van der Waals surface area (Å²) < 4.78 is 5.18. The highest BCUT2D eigenvalue weighted by Gasteiger charge is 2.42. The van der Waals surface area contributed by atoms with Gasteiger partial charge < -0.3 is 15.8 Å². The van der Waals surface area contributed by atoms with E-state index in [2.05, 4.69) is 60.8 Å². The van der Waals surface area contributed by atoms with E-state index in [4.69, 9.17) is 10.5 Å². The second-order valence-electron chi connectivity index (χ2n) is 6.19. The van der Waals surface area contributed by atoms with Crippen LogP contribution in [0.1, 0.15) is 24.5 Å². The van der Waals surface area contributed by atoms with Crippen molar-refractivity contribution in [3.05, 3.63) is 71.8 Å². The summed E-state index contributed by atoms with van der Waals surface area (Å²) in [4.78, 5) is 11.0. The molecule has 120 valence electrons. The molecule has 4 nitrogen and oxygen atoms in total. The van der Waals surface area contributed by atoms with Gasteiger partial charge in [-0.3, -0.25) is 0 Å². The smallest absolute Gasteiger partial charge is 0.404 e. The number of rotatable bonds is 4. The van der Waals surface area contributed by atoms with Gasteiger partial charge in [0.25, 0.3) is 0 Å². The van der Waals surface area contributed by atoms with Crippen LogP contribution in [0.15, 0.2) is 60.7 Å². The average molecular weight is 310 g/mol. The van der Waals surface area contributed by atoms with Gasteiger partial charge in [0.2, 0.25) is 0 Å². The molecule has 1 amide bonds. The molecule has 3 N–H and O–H groups in total. The first kappa shape index (κ1) is 15.6. The molecule has 0 aliphatic carbocycles. The van der Waals surface area contributed by atoms with E-state index in [0.29, 0.717) is 6.54 Å². The Morgan fingerprint density at radius 3 is 2.09 bits per heavy atom. The van der Waals surface area contributed by atoms with Crippen molar-refractivity contribution in [3.63, 3.8) is 0 Å². The number of nitrogens with two attached hydrogens (primary N) is 1. The normalized spacial score (nSPS) is 21.1. The van der Waals surface area contributed by atoms with Crippen molar-refractivity contribution >= 4 is 6.09 Å². The second kappa shape index (κ2) is 6.42. The number of ether oxygens (including phenoxy) is 1. The number of primary amides is 1. The lowest BCUT2D eigenvalue weighted by molar-refractivity contribution is 0.114. The number of nitrogens with one attached hydrogen (secondary N) is 1. The summed E-state index contributed by atoms with van der Waals surface area (Å²) >= 11 is 0. The van der Waals surface area contributed by atoms with Gasteiger partial charge in [0, 0.05) is 24.4 Å². The van der Waals surface area contributed by atoms with Gasteiger partial charge in [-0.05, 0) is 18.1 Å². The fraction of sp³-hybridized carbons (Fsp3) is 0.316. The van der Waals surface area contributed by atoms with Crippen LogP contribution in [0.3, 0.4) is 0 Å². The maximum Gasteiger partial charge on any atom is 0.404 e. The molecule has 0 aromatic heterocycles. The quantitative estimate of drug-likeness (QED) is 0.912. The number of benzene rings is 2. The first-order valence-electron chi connectivity index (χ1n) is 7.91. The number of carbonyl (C=O) groups is 1. The summed E-state index contributed by atoms with van der Waals surface area (Å²) in [7, 11) is 0. The van der Waals surface area contributed by atoms with Crippen molar-refractivity contribution < 1.29 is 9.53 Å². The molecule has 2 aromatic carbocycles. The molecule has 0 radical (unpaired) electrons. The highest BCUT2D eigenvalue weighted by atomic mass is 16.6. The van der Waals surface area contributed by atoms with E-state index in [-0.39, 0.29) is 17.6 Å². The van der Waals surface area contributed by atoms with Crippen LogP contribution in [0, 0.1) is 0 Å². The first-order chi connectivity index (χ1) is 11.1. The molecule has 1 aliphatic rings. The van der Waals surface area contributed by atoms with Crippen molar-refractivity contribution in [1.82, 2.24) is 5.32 Å². The van der Waals surface area contributed by atoms with Crippen molar-refractivity contribution in [3.8, 4) is 0 Å². The fourth-order valence-corrected chi connectivity index (χ4v) is 3.53. The molecule has 1 fully saturated rings. The molecule has 0 bridgehead atoms. The van der Waals surface area contributed by atoms with E-state index < -0.39 is 6.09 Å². The molecule has 3 rings (SSSR count). The zero-order chi connectivity index (χ0) is 16.3. The predicted octanol–water partition coefficient (Wildman–Crippen LogP) is 2.82. The van der Waals surface area contributed by atoms with E-state index in [1.54, 1.807) is 0 Å². The van der Waals surface area contributed by atoms with Gasteiger partial charge in [-0.2, -0.15) is 0 Å². The molecular formula is C19H22N2O2. The van der Waals surface area contributed by atoms with Gasteiger partial charge in [-0.15, -0.1) is 0 Å². The highest BCUT2D eigenvalue weighted by Crippen LogP contribution is 2.38. The fourth-order valence-electron chi connectivity index (χ4n) is 3.53. The molecule has 1 heterocycles. The van der Waals surface area contributed by atoms with Crippen molar-refractivity contribution in [1.29, 1.82) is 0 Å². The first-order valence-corrected chi connectivity index (χ1v) is 7.91. The summed E-state index contributed by atoms with van der Waals surface area (Å²) in [5.74, 6) is 0. The van der Waals surface area contributed by atoms with Gasteiger partial charge in [0.1, 0.15) is 6.10 Å². The SMILES string of the molecule is CC(c1ccccc1)(c1ccccc1)C1CC(OC(N)=O)CN1. The van der Waals surface area contributed by atoms with E-state index in [9.17, 15) is 4.79 Å². The lowest BCUT2D eigenvalue weighted by atomic mass is 9.70. The van der Waals surface area contributed by atoms with E-state index in [1.807, 2.05) is 12.1 Å². The Morgan fingerprint density at radius 2 is 1.61 bits per heavy atom. The summed E-state index contributed by atoms with van der Waals surface area (Å²) in [5.41, 5.74) is 7.43. The minimum absolute atomic E-state index is 0.164. The molecule has 1 saturated heterocycles. The number of amides is 1. The third kappa shape index (κ3) is 3.08. The van der Waals surface area contributed by atoms with Crippen LogP contribution < -0.4 is 11.1 Å². The van der Waals surface area contributed by atoms with Crippen molar-refractivity contribution in [2.45, 2.75) is 30.9 Å². The Morgan fingerprint density at radius 1 is 1.09 bits per heavy atom. The maximum absolute atomic E-state index is 11.0. The molecule has 0 saturated carbocycles. The zero-order valence-corrected chi connectivity index (χ0v) is 13.2. The van der Waals surface area contributed by atoms with Crippen LogP contribution >= 0.6 is 0 Å². The minimum Gasteiger partial charge on any atom is -0.445 e. The third-order valence-electron chi connectivity index (χ3n) is 4.82. The van der Waals surface area contributed by atoms with Gasteiger partial charge >= 0.3 is 6.09 Å². The molecule has 4 heteroatoms. The standard InChI is InChI=1S/C19H22N2O2/c1-19(14-8-4-2-5-9-14,15-10-6-3-7-11-15)17-12-16(13-21-17)23-18(20)22/h2-11,16-17,21H,12-13H2,1H3,(H2,20,22). The monoisotopic (exact) mass is 310 g/mol. The summed E-state index contributed by atoms with van der Waals surface area (Å²) in [6.07, 6.45) is -0.147. The van der Waals surface area contributed by atoms with Gasteiger partial charge in [0.15, 0.2) is 0 Å². The van der Waals surface area contributed by atoms with E-state index in [0.717, 1.165) is 6.42 Å². The lowest BCUT2D eigenvalue weighted by Gasteiger charge is -2.37. The lowest BCUT2D eigenvalue weighted by Crippen LogP contribution is -2.43. The molecule has 1 aliphatic heterocycles. The van der Waals surface area contributed by atoms with Crippen LogP contribution in [0.5, 0.6) is 0 Å². The predicted molar refractivity (Wildman–Crippen MR) is 90.2 cm³/mol. The van der Waals surface area contributed by atoms with Crippen molar-refractivity contribution in [2.75, 3.05) is 6.54 Å². The van der Waals surface area contributed by atoms with Crippen LogP contribution in [0.25, 0.3) is 0 Å². The van der Waals surface area contributed by atoms with Crippen molar-refractivity contribution in [2.24, 2.45) is 5.73 Å². The Bertz CT molecular complexity index is 618. The minimum atomic E-state index is -0.710. The topological polar surface area (TPSA) is 64.3 Å². The summed E-state index contributed by atoms with van der Waals surface area (Å²) in [5, 5.41) is 3.52. The molecular weight excluding hydrogens is 288 g/mol. The Kier molecular flexibility index (Phi) is 4.35. The Labute approximate surface area is 136 Å². The summed E-state index contributed by atoms with van der Waals surface area (Å²) in [6, 6.07) is 21.0. The van der Waals surface area contributed by atoms with Crippen LogP contribution in [0.2, 0.25) is 0 Å².